The minimum Gasteiger partial charge on any atom is -0.477 e. The van der Waals surface area contributed by atoms with Crippen LogP contribution in [0.5, 0.6) is 0 Å². The van der Waals surface area contributed by atoms with Gasteiger partial charge in [0.05, 0.1) is 0 Å². The zero-order chi connectivity index (χ0) is 21.8. The van der Waals surface area contributed by atoms with Gasteiger partial charge in [-0.15, -0.1) is 11.8 Å². The van der Waals surface area contributed by atoms with Crippen LogP contribution in [0.25, 0.3) is 0 Å². The smallest absolute Gasteiger partial charge is 0.352 e. The molecule has 11 heteroatoms. The van der Waals surface area contributed by atoms with Gasteiger partial charge in [0.15, 0.2) is 0 Å². The lowest BCUT2D eigenvalue weighted by Gasteiger charge is -2.49. The van der Waals surface area contributed by atoms with E-state index in [1.54, 1.807) is 30.3 Å². The Morgan fingerprint density at radius 2 is 2.03 bits per heavy atom. The molecule has 30 heavy (non-hydrogen) atoms. The minimum atomic E-state index is -1.33. The molecule has 2 aliphatic rings. The van der Waals surface area contributed by atoms with Crippen LogP contribution in [-0.4, -0.2) is 64.0 Å². The van der Waals surface area contributed by atoms with Crippen LogP contribution < -0.4 is 5.32 Å². The molecule has 10 nitrogen and oxygen atoms in total. The Morgan fingerprint density at radius 1 is 1.33 bits per heavy atom. The summed E-state index contributed by atoms with van der Waals surface area (Å²) in [5.74, 6) is -2.99. The van der Waals surface area contributed by atoms with Crippen molar-refractivity contribution < 1.29 is 38.6 Å². The van der Waals surface area contributed by atoms with Gasteiger partial charge in [-0.25, -0.2) is 4.79 Å². The summed E-state index contributed by atoms with van der Waals surface area (Å²) in [6.45, 7) is 1.11. The molecule has 0 bridgehead atoms. The van der Waals surface area contributed by atoms with Gasteiger partial charge in [0.25, 0.3) is 18.3 Å². The Morgan fingerprint density at radius 3 is 2.63 bits per heavy atom. The molecular weight excluding hydrogens is 416 g/mol. The largest absolute Gasteiger partial charge is 0.477 e. The first-order chi connectivity index (χ1) is 14.3. The van der Waals surface area contributed by atoms with Crippen LogP contribution in [-0.2, 0) is 33.4 Å². The average Bonchev–Trinajstić information content (AvgIpc) is 2.73. The number of carboxylic acids is 1. The number of hydrogen-bond acceptors (Lipinski definition) is 8. The van der Waals surface area contributed by atoms with Crippen LogP contribution in [0.4, 0.5) is 0 Å². The number of aliphatic carboxylic acids is 1. The summed E-state index contributed by atoms with van der Waals surface area (Å²) in [7, 11) is 0. The van der Waals surface area contributed by atoms with E-state index in [1.807, 2.05) is 0 Å². The van der Waals surface area contributed by atoms with Gasteiger partial charge in [0, 0.05) is 23.8 Å². The number of esters is 1. The highest BCUT2D eigenvalue weighted by Crippen LogP contribution is 2.40. The summed E-state index contributed by atoms with van der Waals surface area (Å²) in [5, 5.41) is 11.4. The summed E-state index contributed by atoms with van der Waals surface area (Å²) < 4.78 is 9.76. The number of fused-ring (bicyclic) bond motifs is 1. The van der Waals surface area contributed by atoms with Gasteiger partial charge in [-0.3, -0.25) is 24.1 Å². The van der Waals surface area contributed by atoms with Gasteiger partial charge < -0.3 is 19.9 Å². The first kappa shape index (κ1) is 21.4. The molecule has 0 radical (unpaired) electrons. The first-order valence-corrected chi connectivity index (χ1v) is 9.87. The Balaban J connectivity index is 1.75. The number of nitrogens with zero attached hydrogens (tertiary/aromatic N) is 1. The Bertz CT molecular complexity index is 916. The molecule has 1 unspecified atom stereocenters. The van der Waals surface area contributed by atoms with Crippen molar-refractivity contribution in [2.75, 3.05) is 12.4 Å². The van der Waals surface area contributed by atoms with E-state index in [4.69, 9.17) is 9.47 Å². The van der Waals surface area contributed by atoms with E-state index < -0.39 is 41.3 Å². The van der Waals surface area contributed by atoms with E-state index in [2.05, 4.69) is 5.32 Å². The van der Waals surface area contributed by atoms with E-state index in [0.717, 1.165) is 4.90 Å². The van der Waals surface area contributed by atoms with Crippen LogP contribution in [0.15, 0.2) is 41.6 Å². The lowest BCUT2D eigenvalue weighted by molar-refractivity contribution is -0.154. The van der Waals surface area contributed by atoms with Crippen molar-refractivity contribution in [1.29, 1.82) is 0 Å². The monoisotopic (exact) mass is 434 g/mol. The molecule has 0 saturated carbocycles. The highest BCUT2D eigenvalue weighted by molar-refractivity contribution is 8.00. The average molecular weight is 434 g/mol. The standard InChI is InChI=1S/C19H18N2O8S/c1-10(23)28-7-12-8-30-18-13(17(25)21(18)14(12)19(26)27)20-16(24)15(29-9-22)11-5-3-2-4-6-11/h2-6,9,13,15,18H,7-8H2,1H3,(H,20,24)(H,26,27)/t13-,15?,18-/m1/s1. The molecule has 2 N–H and O–H groups in total. The SMILES string of the molecule is CC(=O)OCC1=C(C(=O)O)N2C(=O)[C@@H](NC(=O)C(OC=O)c3ccccc3)[C@H]2SC1. The number of amides is 2. The van der Waals surface area contributed by atoms with Crippen molar-refractivity contribution in [3.63, 3.8) is 0 Å². The molecule has 0 spiro atoms. The summed E-state index contributed by atoms with van der Waals surface area (Å²) >= 11 is 1.24. The number of carbonyl (C=O) groups excluding carboxylic acids is 4. The molecule has 1 aromatic rings. The van der Waals surface area contributed by atoms with E-state index in [9.17, 15) is 29.1 Å². The van der Waals surface area contributed by atoms with Crippen LogP contribution in [0.2, 0.25) is 0 Å². The molecule has 3 atom stereocenters. The number of carbonyl (C=O) groups is 5. The third-order valence-corrected chi connectivity index (χ3v) is 5.87. The van der Waals surface area contributed by atoms with Crippen molar-refractivity contribution in [2.24, 2.45) is 0 Å². The third-order valence-electron chi connectivity index (χ3n) is 4.53. The van der Waals surface area contributed by atoms with Crippen molar-refractivity contribution in [3.05, 3.63) is 47.2 Å². The maximum absolute atomic E-state index is 12.7. The third kappa shape index (κ3) is 4.15. The molecule has 2 heterocycles. The van der Waals surface area contributed by atoms with Crippen molar-refractivity contribution in [2.45, 2.75) is 24.4 Å². The van der Waals surface area contributed by atoms with E-state index in [-0.39, 0.29) is 24.5 Å². The molecule has 2 aliphatic heterocycles. The summed E-state index contributed by atoms with van der Waals surface area (Å²) in [4.78, 5) is 59.9. The van der Waals surface area contributed by atoms with Crippen LogP contribution in [0, 0.1) is 0 Å². The number of β-lactam (4-membered cyclic amide) rings is 1. The molecule has 2 amide bonds. The predicted molar refractivity (Wildman–Crippen MR) is 103 cm³/mol. The molecule has 1 saturated heterocycles. The van der Waals surface area contributed by atoms with E-state index >= 15 is 0 Å². The molecule has 0 aliphatic carbocycles. The topological polar surface area (TPSA) is 139 Å². The molecule has 3 rings (SSSR count). The molecule has 1 fully saturated rings. The number of hydrogen-bond donors (Lipinski definition) is 2. The van der Waals surface area contributed by atoms with Crippen LogP contribution >= 0.6 is 11.8 Å². The second-order valence-electron chi connectivity index (χ2n) is 6.46. The molecule has 158 valence electrons. The molecule has 1 aromatic carbocycles. The van der Waals surface area contributed by atoms with Gasteiger partial charge in [-0.2, -0.15) is 0 Å². The number of thioether (sulfide) groups is 1. The number of rotatable bonds is 8. The Hall–Kier alpha value is -3.34. The maximum Gasteiger partial charge on any atom is 0.352 e. The fourth-order valence-electron chi connectivity index (χ4n) is 3.19. The Kier molecular flexibility index (Phi) is 6.40. The minimum absolute atomic E-state index is 0.147. The van der Waals surface area contributed by atoms with Crippen LogP contribution in [0.1, 0.15) is 18.6 Å². The van der Waals surface area contributed by atoms with Gasteiger partial charge in [-0.05, 0) is 0 Å². The first-order valence-electron chi connectivity index (χ1n) is 8.83. The summed E-state index contributed by atoms with van der Waals surface area (Å²) in [6, 6.07) is 7.30. The lowest BCUT2D eigenvalue weighted by atomic mass is 10.0. The lowest BCUT2D eigenvalue weighted by Crippen LogP contribution is -2.71. The van der Waals surface area contributed by atoms with Crippen molar-refractivity contribution >= 4 is 42.0 Å². The Labute approximate surface area is 175 Å². The highest BCUT2D eigenvalue weighted by Gasteiger charge is 2.54. The van der Waals surface area contributed by atoms with Gasteiger partial charge in [-0.1, -0.05) is 30.3 Å². The fraction of sp³-hybridized carbons (Fsp3) is 0.316. The number of carboxylic acid groups (broad SMARTS) is 1. The fourth-order valence-corrected chi connectivity index (χ4v) is 4.51. The zero-order valence-electron chi connectivity index (χ0n) is 15.8. The van der Waals surface area contributed by atoms with Crippen LogP contribution in [0.3, 0.4) is 0 Å². The van der Waals surface area contributed by atoms with Crippen molar-refractivity contribution in [3.8, 4) is 0 Å². The second kappa shape index (κ2) is 8.99. The predicted octanol–water partition coefficient (Wildman–Crippen LogP) is 0.202. The maximum atomic E-state index is 12.7. The second-order valence-corrected chi connectivity index (χ2v) is 7.56. The number of nitrogens with one attached hydrogen (secondary N) is 1. The number of benzene rings is 1. The van der Waals surface area contributed by atoms with E-state index in [0.29, 0.717) is 11.1 Å². The van der Waals surface area contributed by atoms with Gasteiger partial charge in [0.2, 0.25) is 6.10 Å². The summed E-state index contributed by atoms with van der Waals surface area (Å²) in [6.07, 6.45) is -1.24. The molecule has 0 aromatic heterocycles. The quantitative estimate of drug-likeness (QED) is 0.334. The normalized spacial score (nSPS) is 21.1. The van der Waals surface area contributed by atoms with Crippen molar-refractivity contribution in [1.82, 2.24) is 10.2 Å². The highest BCUT2D eigenvalue weighted by atomic mass is 32.2. The number of ether oxygens (including phenoxy) is 2. The summed E-state index contributed by atoms with van der Waals surface area (Å²) in [5.41, 5.74) is 0.472. The van der Waals surface area contributed by atoms with Gasteiger partial charge >= 0.3 is 11.9 Å². The molecular formula is C19H18N2O8S. The zero-order valence-corrected chi connectivity index (χ0v) is 16.6. The van der Waals surface area contributed by atoms with Gasteiger partial charge in [0.1, 0.15) is 23.7 Å². The van der Waals surface area contributed by atoms with E-state index in [1.165, 1.54) is 18.7 Å².